The van der Waals surface area contributed by atoms with Crippen LogP contribution < -0.4 is 10.6 Å². The van der Waals surface area contributed by atoms with Crippen molar-refractivity contribution in [2.75, 3.05) is 6.54 Å². The second-order valence-electron chi connectivity index (χ2n) is 4.82. The normalized spacial score (nSPS) is 22.8. The van der Waals surface area contributed by atoms with Crippen molar-refractivity contribution in [3.63, 3.8) is 0 Å². The van der Waals surface area contributed by atoms with E-state index in [1.54, 1.807) is 0 Å². The highest BCUT2D eigenvalue weighted by atomic mass is 16.3. The van der Waals surface area contributed by atoms with Gasteiger partial charge in [0.2, 0.25) is 5.91 Å². The van der Waals surface area contributed by atoms with Crippen LogP contribution in [0.1, 0.15) is 12.2 Å². The fourth-order valence-electron chi connectivity index (χ4n) is 2.34. The van der Waals surface area contributed by atoms with Crippen molar-refractivity contribution in [3.8, 4) is 0 Å². The highest BCUT2D eigenvalue weighted by Crippen LogP contribution is 2.18. The predicted molar refractivity (Wildman–Crippen MR) is 70.5 cm³/mol. The van der Waals surface area contributed by atoms with Crippen molar-refractivity contribution in [1.82, 2.24) is 10.6 Å². The van der Waals surface area contributed by atoms with Gasteiger partial charge in [-0.25, -0.2) is 0 Å². The molecule has 2 aromatic rings. The zero-order valence-electron chi connectivity index (χ0n) is 10.4. The third kappa shape index (κ3) is 2.62. The lowest BCUT2D eigenvalue weighted by molar-refractivity contribution is -0.123. The van der Waals surface area contributed by atoms with Gasteiger partial charge in [0.25, 0.3) is 0 Å². The van der Waals surface area contributed by atoms with E-state index in [-0.39, 0.29) is 11.9 Å². The number of aliphatic hydroxyl groups excluding tert-OH is 1. The molecule has 100 valence electrons. The molecule has 0 spiro atoms. The molecule has 1 aliphatic heterocycles. The van der Waals surface area contributed by atoms with Gasteiger partial charge in [-0.1, -0.05) is 18.2 Å². The number of hydrogen-bond acceptors (Lipinski definition) is 4. The highest BCUT2D eigenvalue weighted by molar-refractivity contribution is 5.82. The lowest BCUT2D eigenvalue weighted by Crippen LogP contribution is -2.39. The van der Waals surface area contributed by atoms with Crippen molar-refractivity contribution in [1.29, 1.82) is 0 Å². The minimum Gasteiger partial charge on any atom is -0.459 e. The number of furan rings is 1. The van der Waals surface area contributed by atoms with Gasteiger partial charge >= 0.3 is 0 Å². The highest BCUT2D eigenvalue weighted by Gasteiger charge is 2.27. The van der Waals surface area contributed by atoms with E-state index in [0.717, 1.165) is 16.7 Å². The number of β-amino-alcohol motifs (C(OH)–C–C–N with tert-alkyl or cyclic N) is 1. The van der Waals surface area contributed by atoms with E-state index in [1.807, 2.05) is 30.3 Å². The minimum absolute atomic E-state index is 0.1000. The summed E-state index contributed by atoms with van der Waals surface area (Å²) in [6, 6.07) is 9.35. The molecule has 2 atom stereocenters. The standard InChI is InChI=1S/C14H16N2O3/c17-10-6-12(15-7-10)14(18)16-8-11-5-9-3-1-2-4-13(9)19-11/h1-5,10,12,15,17H,6-8H2,(H,16,18)/t10-,12+/m1/s1. The monoisotopic (exact) mass is 260 g/mol. The van der Waals surface area contributed by atoms with Gasteiger partial charge < -0.3 is 20.2 Å². The first-order valence-corrected chi connectivity index (χ1v) is 6.39. The Morgan fingerprint density at radius 2 is 2.32 bits per heavy atom. The van der Waals surface area contributed by atoms with Crippen molar-refractivity contribution < 1.29 is 14.3 Å². The molecule has 0 bridgehead atoms. The van der Waals surface area contributed by atoms with E-state index in [4.69, 9.17) is 4.42 Å². The van der Waals surface area contributed by atoms with Crippen LogP contribution in [-0.2, 0) is 11.3 Å². The molecular weight excluding hydrogens is 244 g/mol. The van der Waals surface area contributed by atoms with Crippen molar-refractivity contribution in [2.24, 2.45) is 0 Å². The lowest BCUT2D eigenvalue weighted by atomic mass is 10.2. The summed E-state index contributed by atoms with van der Waals surface area (Å²) in [7, 11) is 0. The molecule has 0 radical (unpaired) electrons. The molecular formula is C14H16N2O3. The molecule has 0 aliphatic carbocycles. The number of aliphatic hydroxyl groups is 1. The molecule has 0 saturated carbocycles. The predicted octanol–water partition coefficient (Wildman–Crippen LogP) is 0.772. The Balaban J connectivity index is 1.61. The van der Waals surface area contributed by atoms with E-state index < -0.39 is 6.10 Å². The van der Waals surface area contributed by atoms with Crippen LogP contribution in [-0.4, -0.2) is 29.7 Å². The summed E-state index contributed by atoms with van der Waals surface area (Å²) >= 11 is 0. The summed E-state index contributed by atoms with van der Waals surface area (Å²) < 4.78 is 5.62. The zero-order chi connectivity index (χ0) is 13.2. The molecule has 5 nitrogen and oxygen atoms in total. The van der Waals surface area contributed by atoms with E-state index in [0.29, 0.717) is 19.5 Å². The van der Waals surface area contributed by atoms with Gasteiger partial charge in [0.05, 0.1) is 18.7 Å². The van der Waals surface area contributed by atoms with Gasteiger partial charge in [-0.05, 0) is 18.6 Å². The first-order valence-electron chi connectivity index (χ1n) is 6.39. The van der Waals surface area contributed by atoms with Crippen LogP contribution in [0.15, 0.2) is 34.7 Å². The summed E-state index contributed by atoms with van der Waals surface area (Å²) in [6.45, 7) is 0.838. The Labute approximate surface area is 110 Å². The van der Waals surface area contributed by atoms with Gasteiger partial charge in [-0.3, -0.25) is 4.79 Å². The van der Waals surface area contributed by atoms with Crippen LogP contribution in [0.3, 0.4) is 0 Å². The van der Waals surface area contributed by atoms with Crippen molar-refractivity contribution in [2.45, 2.75) is 25.1 Å². The Morgan fingerprint density at radius 1 is 1.47 bits per heavy atom. The second-order valence-corrected chi connectivity index (χ2v) is 4.82. The molecule has 5 heteroatoms. The lowest BCUT2D eigenvalue weighted by Gasteiger charge is -2.09. The molecule has 1 fully saturated rings. The summed E-state index contributed by atoms with van der Waals surface area (Å²) in [5.74, 6) is 0.630. The van der Waals surface area contributed by atoms with Crippen molar-refractivity contribution in [3.05, 3.63) is 36.1 Å². The van der Waals surface area contributed by atoms with E-state index >= 15 is 0 Å². The molecule has 3 N–H and O–H groups in total. The van der Waals surface area contributed by atoms with Crippen LogP contribution >= 0.6 is 0 Å². The molecule has 1 amide bonds. The quantitative estimate of drug-likeness (QED) is 0.762. The SMILES string of the molecule is O=C(NCc1cc2ccccc2o1)[C@@H]1C[C@@H](O)CN1. The molecule has 1 aliphatic rings. The maximum atomic E-state index is 11.9. The van der Waals surface area contributed by atoms with E-state index in [9.17, 15) is 9.90 Å². The average Bonchev–Trinajstić information content (AvgIpc) is 3.01. The minimum atomic E-state index is -0.429. The molecule has 1 saturated heterocycles. The fraction of sp³-hybridized carbons (Fsp3) is 0.357. The fourth-order valence-corrected chi connectivity index (χ4v) is 2.34. The number of benzene rings is 1. The number of carbonyl (C=O) groups excluding carboxylic acids is 1. The van der Waals surface area contributed by atoms with Gasteiger partial charge in [0.1, 0.15) is 11.3 Å². The van der Waals surface area contributed by atoms with Gasteiger partial charge in [0, 0.05) is 11.9 Å². The maximum absolute atomic E-state index is 11.9. The van der Waals surface area contributed by atoms with E-state index in [2.05, 4.69) is 10.6 Å². The first kappa shape index (κ1) is 12.2. The van der Waals surface area contributed by atoms with Gasteiger partial charge in [0.15, 0.2) is 0 Å². The third-order valence-corrected chi connectivity index (χ3v) is 3.34. The Morgan fingerprint density at radius 3 is 3.05 bits per heavy atom. The summed E-state index contributed by atoms with van der Waals surface area (Å²) in [4.78, 5) is 11.9. The molecule has 3 rings (SSSR count). The molecule has 19 heavy (non-hydrogen) atoms. The first-order chi connectivity index (χ1) is 9.22. The second kappa shape index (κ2) is 5.03. The molecule has 0 unspecified atom stereocenters. The summed E-state index contributed by atoms with van der Waals surface area (Å²) in [6.07, 6.45) is 0.0355. The topological polar surface area (TPSA) is 74.5 Å². The number of nitrogens with one attached hydrogen (secondary N) is 2. The number of amides is 1. The number of carbonyl (C=O) groups is 1. The Bertz CT molecular complexity index is 560. The van der Waals surface area contributed by atoms with Crippen LogP contribution in [0.4, 0.5) is 0 Å². The van der Waals surface area contributed by atoms with E-state index in [1.165, 1.54) is 0 Å². The van der Waals surface area contributed by atoms with Crippen LogP contribution in [0.2, 0.25) is 0 Å². The largest absolute Gasteiger partial charge is 0.459 e. The number of hydrogen-bond donors (Lipinski definition) is 3. The van der Waals surface area contributed by atoms with Gasteiger partial charge in [-0.15, -0.1) is 0 Å². The maximum Gasteiger partial charge on any atom is 0.237 e. The smallest absolute Gasteiger partial charge is 0.237 e. The number of para-hydroxylation sites is 1. The molecule has 1 aromatic carbocycles. The van der Waals surface area contributed by atoms with Crippen LogP contribution in [0.25, 0.3) is 11.0 Å². The summed E-state index contributed by atoms with van der Waals surface area (Å²) in [5.41, 5.74) is 0.821. The number of fused-ring (bicyclic) bond motifs is 1. The Hall–Kier alpha value is -1.85. The average molecular weight is 260 g/mol. The van der Waals surface area contributed by atoms with Crippen LogP contribution in [0.5, 0.6) is 0 Å². The number of rotatable bonds is 3. The zero-order valence-corrected chi connectivity index (χ0v) is 10.4. The summed E-state index contributed by atoms with van der Waals surface area (Å²) in [5, 5.41) is 16.2. The van der Waals surface area contributed by atoms with Crippen LogP contribution in [0, 0.1) is 0 Å². The Kier molecular flexibility index (Phi) is 3.23. The third-order valence-electron chi connectivity index (χ3n) is 3.34. The molecule has 2 heterocycles. The molecule has 1 aromatic heterocycles. The van der Waals surface area contributed by atoms with Gasteiger partial charge in [-0.2, -0.15) is 0 Å². The van der Waals surface area contributed by atoms with Crippen molar-refractivity contribution >= 4 is 16.9 Å².